The van der Waals surface area contributed by atoms with Crippen molar-refractivity contribution in [3.05, 3.63) is 28.7 Å². The van der Waals surface area contributed by atoms with E-state index in [1.54, 1.807) is 0 Å². The molecule has 0 aliphatic heterocycles. The molecule has 0 amide bonds. The molecule has 1 aromatic rings. The molecule has 0 spiro atoms. The Morgan fingerprint density at radius 1 is 1.36 bits per heavy atom. The summed E-state index contributed by atoms with van der Waals surface area (Å²) < 4.78 is 0.996. The Morgan fingerprint density at radius 3 is 2.55 bits per heavy atom. The Hall–Kier alpha value is 1.82. The molecule has 0 aromatic heterocycles. The minimum atomic E-state index is -0.122. The molecule has 0 saturated carbocycles. The van der Waals surface area contributed by atoms with E-state index in [1.807, 2.05) is 24.3 Å². The van der Waals surface area contributed by atoms with E-state index >= 15 is 0 Å². The second kappa shape index (κ2) is 7.24. The van der Waals surface area contributed by atoms with Gasteiger partial charge in [-0.15, -0.1) is 11.8 Å². The SMILES string of the molecule is [O-]CSc1ccccc1Br.[Rb+]. The fraction of sp³-hybridized carbons (Fsp3) is 0.143. The van der Waals surface area contributed by atoms with Gasteiger partial charge in [-0.25, -0.2) is 0 Å². The summed E-state index contributed by atoms with van der Waals surface area (Å²) in [4.78, 5) is 1.01. The van der Waals surface area contributed by atoms with Crippen LogP contribution < -0.4 is 63.3 Å². The number of benzene rings is 1. The Bertz CT molecular complexity index is 219. The zero-order valence-electron chi connectivity index (χ0n) is 6.21. The average molecular weight is 304 g/mol. The molecule has 4 heteroatoms. The summed E-state index contributed by atoms with van der Waals surface area (Å²) in [7, 11) is 0. The van der Waals surface area contributed by atoms with E-state index < -0.39 is 0 Å². The molecule has 0 unspecified atom stereocenters. The fourth-order valence-corrected chi connectivity index (χ4v) is 1.76. The first-order valence-electron chi connectivity index (χ1n) is 2.80. The van der Waals surface area contributed by atoms with Gasteiger partial charge in [0.1, 0.15) is 0 Å². The zero-order chi connectivity index (χ0) is 7.40. The van der Waals surface area contributed by atoms with Crippen LogP contribution in [0.2, 0.25) is 0 Å². The van der Waals surface area contributed by atoms with Crippen LogP contribution in [0.5, 0.6) is 0 Å². The normalized spacial score (nSPS) is 8.91. The molecule has 0 atom stereocenters. The second-order valence-corrected chi connectivity index (χ2v) is 3.51. The summed E-state index contributed by atoms with van der Waals surface area (Å²) in [5.74, 6) is -0.122. The van der Waals surface area contributed by atoms with Crippen LogP contribution in [0.1, 0.15) is 0 Å². The van der Waals surface area contributed by atoms with E-state index in [9.17, 15) is 5.11 Å². The summed E-state index contributed by atoms with van der Waals surface area (Å²) in [6, 6.07) is 7.70. The van der Waals surface area contributed by atoms with Gasteiger partial charge in [-0.2, -0.15) is 0 Å². The first-order valence-corrected chi connectivity index (χ1v) is 4.58. The average Bonchev–Trinajstić information content (AvgIpc) is 1.94. The standard InChI is InChI=1S/C7H6BrOS.Rb/c8-6-3-1-2-4-7(6)10-5-9;/h1-4H,5H2;/q-1;+1. The third-order valence-corrected chi connectivity index (χ3v) is 2.79. The molecule has 1 nitrogen and oxygen atoms in total. The van der Waals surface area contributed by atoms with Crippen molar-refractivity contribution in [2.45, 2.75) is 4.90 Å². The first kappa shape index (κ1) is 12.8. The molecular weight excluding hydrogens is 298 g/mol. The molecule has 0 saturated heterocycles. The molecule has 11 heavy (non-hydrogen) atoms. The van der Waals surface area contributed by atoms with Gasteiger partial charge in [0.25, 0.3) is 0 Å². The topological polar surface area (TPSA) is 23.1 Å². The quantitative estimate of drug-likeness (QED) is 0.509. The van der Waals surface area contributed by atoms with E-state index in [0.717, 1.165) is 9.37 Å². The minimum absolute atomic E-state index is 0. The molecule has 1 rings (SSSR count). The molecule has 54 valence electrons. The molecule has 0 radical (unpaired) electrons. The van der Waals surface area contributed by atoms with Crippen LogP contribution in [0.15, 0.2) is 33.6 Å². The largest absolute Gasteiger partial charge is 1.00 e. The van der Waals surface area contributed by atoms with Gasteiger partial charge in [0.15, 0.2) is 0 Å². The molecular formula is C7H6BrORbS. The Balaban J connectivity index is 0.000001000. The Morgan fingerprint density at radius 2 is 2.00 bits per heavy atom. The van der Waals surface area contributed by atoms with E-state index in [-0.39, 0.29) is 64.1 Å². The second-order valence-electron chi connectivity index (χ2n) is 1.69. The van der Waals surface area contributed by atoms with E-state index in [1.165, 1.54) is 11.8 Å². The van der Waals surface area contributed by atoms with Crippen LogP contribution in [0, 0.1) is 0 Å². The summed E-state index contributed by atoms with van der Waals surface area (Å²) in [5.41, 5.74) is 0. The molecule has 0 N–H and O–H groups in total. The van der Waals surface area contributed by atoms with Crippen molar-refractivity contribution in [3.63, 3.8) is 0 Å². The van der Waals surface area contributed by atoms with Crippen molar-refractivity contribution in [2.24, 2.45) is 0 Å². The number of thioether (sulfide) groups is 1. The van der Waals surface area contributed by atoms with Gasteiger partial charge in [-0.05, 0) is 28.1 Å². The monoisotopic (exact) mass is 302 g/mol. The maximum Gasteiger partial charge on any atom is 1.00 e. The first-order chi connectivity index (χ1) is 4.84. The predicted octanol–water partition coefficient (Wildman–Crippen LogP) is -1.14. The summed E-state index contributed by atoms with van der Waals surface area (Å²) in [5, 5.41) is 10.2. The summed E-state index contributed by atoms with van der Waals surface area (Å²) >= 11 is 4.64. The van der Waals surface area contributed by atoms with Crippen molar-refractivity contribution in [3.8, 4) is 0 Å². The molecule has 1 aromatic carbocycles. The predicted molar refractivity (Wildman–Crippen MR) is 44.9 cm³/mol. The smallest absolute Gasteiger partial charge is 0.846 e. The van der Waals surface area contributed by atoms with Crippen LogP contribution in [-0.2, 0) is 0 Å². The maximum atomic E-state index is 10.2. The molecule has 0 heterocycles. The van der Waals surface area contributed by atoms with Crippen molar-refractivity contribution >= 4 is 27.7 Å². The number of rotatable bonds is 2. The van der Waals surface area contributed by atoms with Crippen LogP contribution in [0.3, 0.4) is 0 Å². The van der Waals surface area contributed by atoms with Crippen LogP contribution in [0.4, 0.5) is 0 Å². The van der Waals surface area contributed by atoms with Crippen LogP contribution >= 0.6 is 27.7 Å². The van der Waals surface area contributed by atoms with Crippen molar-refractivity contribution in [1.82, 2.24) is 0 Å². The Labute approximate surface area is 128 Å². The number of hydrogen-bond acceptors (Lipinski definition) is 2. The maximum absolute atomic E-state index is 10.2. The third-order valence-electron chi connectivity index (χ3n) is 1.05. The van der Waals surface area contributed by atoms with Gasteiger partial charge in [0, 0.05) is 9.37 Å². The van der Waals surface area contributed by atoms with Gasteiger partial charge >= 0.3 is 58.2 Å². The minimum Gasteiger partial charge on any atom is -0.846 e. The molecule has 0 fully saturated rings. The third kappa shape index (κ3) is 4.55. The summed E-state index contributed by atoms with van der Waals surface area (Å²) in [6.07, 6.45) is 0. The van der Waals surface area contributed by atoms with Gasteiger partial charge in [0.2, 0.25) is 0 Å². The van der Waals surface area contributed by atoms with E-state index in [0.29, 0.717) is 0 Å². The zero-order valence-corrected chi connectivity index (χ0v) is 13.5. The molecule has 0 bridgehead atoms. The molecule has 0 aliphatic rings. The number of hydrogen-bond donors (Lipinski definition) is 0. The van der Waals surface area contributed by atoms with Gasteiger partial charge < -0.3 is 5.11 Å². The van der Waals surface area contributed by atoms with Gasteiger partial charge in [-0.3, -0.25) is 0 Å². The van der Waals surface area contributed by atoms with Crippen molar-refractivity contribution in [1.29, 1.82) is 0 Å². The van der Waals surface area contributed by atoms with Gasteiger partial charge in [0.05, 0.1) is 0 Å². The van der Waals surface area contributed by atoms with Crippen molar-refractivity contribution in [2.75, 3.05) is 5.94 Å². The number of halogens is 1. The van der Waals surface area contributed by atoms with Gasteiger partial charge in [-0.1, -0.05) is 18.1 Å². The van der Waals surface area contributed by atoms with Crippen LogP contribution in [0.25, 0.3) is 0 Å². The summed E-state index contributed by atoms with van der Waals surface area (Å²) in [6.45, 7) is 0. The Kier molecular flexibility index (Phi) is 8.44. The van der Waals surface area contributed by atoms with E-state index in [2.05, 4.69) is 15.9 Å². The fourth-order valence-electron chi connectivity index (χ4n) is 0.625. The van der Waals surface area contributed by atoms with E-state index in [4.69, 9.17) is 0 Å². The molecule has 0 aliphatic carbocycles. The van der Waals surface area contributed by atoms with Crippen molar-refractivity contribution < 1.29 is 63.3 Å². The van der Waals surface area contributed by atoms with Crippen LogP contribution in [-0.4, -0.2) is 5.94 Å².